The molecule has 0 amide bonds. The third-order valence-corrected chi connectivity index (χ3v) is 3.01. The first kappa shape index (κ1) is 12.5. The maximum absolute atomic E-state index is 12.1. The van der Waals surface area contributed by atoms with E-state index in [0.717, 1.165) is 11.1 Å². The molecule has 2 aromatic carbocycles. The van der Waals surface area contributed by atoms with Crippen LogP contribution in [0.3, 0.4) is 0 Å². The van der Waals surface area contributed by atoms with Crippen molar-refractivity contribution in [3.8, 4) is 11.1 Å². The summed E-state index contributed by atoms with van der Waals surface area (Å²) in [7, 11) is 0. The zero-order valence-corrected chi connectivity index (χ0v) is 10.4. The lowest BCUT2D eigenvalue weighted by atomic mass is 9.92. The molecule has 2 heteroatoms. The van der Waals surface area contributed by atoms with Gasteiger partial charge >= 0.3 is 0 Å². The number of benzene rings is 2. The van der Waals surface area contributed by atoms with Gasteiger partial charge in [0.1, 0.15) is 0 Å². The van der Waals surface area contributed by atoms with Gasteiger partial charge in [0.25, 0.3) is 0 Å². The summed E-state index contributed by atoms with van der Waals surface area (Å²) < 4.78 is 0. The fraction of sp³-hybridized carbons (Fsp3) is 0.188. The second-order valence-corrected chi connectivity index (χ2v) is 4.14. The molecule has 18 heavy (non-hydrogen) atoms. The molecule has 0 atom stereocenters. The lowest BCUT2D eigenvalue weighted by molar-refractivity contribution is 0.0986. The van der Waals surface area contributed by atoms with Crippen LogP contribution in [0, 0.1) is 0 Å². The molecule has 92 valence electrons. The van der Waals surface area contributed by atoms with Crippen LogP contribution in [0.4, 0.5) is 0 Å². The van der Waals surface area contributed by atoms with Gasteiger partial charge in [-0.05, 0) is 16.7 Å². The Hall–Kier alpha value is -1.93. The van der Waals surface area contributed by atoms with E-state index in [1.54, 1.807) is 6.07 Å². The molecule has 2 nitrogen and oxygen atoms in total. The fourth-order valence-corrected chi connectivity index (χ4v) is 2.10. The number of hydrogen-bond acceptors (Lipinski definition) is 2. The largest absolute Gasteiger partial charge is 0.392 e. The predicted molar refractivity (Wildman–Crippen MR) is 72.4 cm³/mol. The maximum atomic E-state index is 12.1. The van der Waals surface area contributed by atoms with Gasteiger partial charge in [-0.15, -0.1) is 0 Å². The Bertz CT molecular complexity index is 544. The normalized spacial score (nSPS) is 10.3. The van der Waals surface area contributed by atoms with Gasteiger partial charge in [0.05, 0.1) is 6.61 Å². The molecule has 0 saturated heterocycles. The smallest absolute Gasteiger partial charge is 0.163 e. The molecule has 0 heterocycles. The minimum atomic E-state index is -0.109. The summed E-state index contributed by atoms with van der Waals surface area (Å²) in [6, 6.07) is 15.4. The van der Waals surface area contributed by atoms with Crippen LogP contribution in [-0.2, 0) is 6.61 Å². The van der Waals surface area contributed by atoms with Crippen LogP contribution in [0.25, 0.3) is 11.1 Å². The number of aliphatic hydroxyl groups is 1. The topological polar surface area (TPSA) is 37.3 Å². The Balaban J connectivity index is 2.64. The number of Topliss-reactive ketones (excluding diaryl/α,β-unsaturated/α-hetero) is 1. The molecule has 0 aliphatic heterocycles. The van der Waals surface area contributed by atoms with Gasteiger partial charge in [-0.1, -0.05) is 55.5 Å². The van der Waals surface area contributed by atoms with E-state index in [2.05, 4.69) is 0 Å². The van der Waals surface area contributed by atoms with Gasteiger partial charge in [-0.25, -0.2) is 0 Å². The van der Waals surface area contributed by atoms with Crippen molar-refractivity contribution in [2.45, 2.75) is 20.0 Å². The summed E-state index contributed by atoms with van der Waals surface area (Å²) in [5, 5.41) is 9.38. The minimum Gasteiger partial charge on any atom is -0.392 e. The van der Waals surface area contributed by atoms with Crippen molar-refractivity contribution in [3.63, 3.8) is 0 Å². The van der Waals surface area contributed by atoms with Crippen LogP contribution >= 0.6 is 0 Å². The van der Waals surface area contributed by atoms with Crippen LogP contribution in [0.1, 0.15) is 29.3 Å². The SMILES string of the molecule is CCC(=O)c1c(CO)cccc1-c1ccccc1. The van der Waals surface area contributed by atoms with E-state index in [-0.39, 0.29) is 12.4 Å². The second-order valence-electron chi connectivity index (χ2n) is 4.14. The Morgan fingerprint density at radius 2 is 1.78 bits per heavy atom. The fourth-order valence-electron chi connectivity index (χ4n) is 2.10. The Labute approximate surface area is 107 Å². The van der Waals surface area contributed by atoms with Crippen LogP contribution < -0.4 is 0 Å². The number of carbonyl (C=O) groups excluding carboxylic acids is 1. The molecule has 0 fully saturated rings. The lowest BCUT2D eigenvalue weighted by Crippen LogP contribution is -2.05. The summed E-state index contributed by atoms with van der Waals surface area (Å²) in [4.78, 5) is 12.1. The van der Waals surface area contributed by atoms with Crippen LogP contribution in [0.15, 0.2) is 48.5 Å². The molecule has 0 radical (unpaired) electrons. The number of ketones is 1. The standard InChI is InChI=1S/C16H16O2/c1-2-15(18)16-13(11-17)9-6-10-14(16)12-7-4-3-5-8-12/h3-10,17H,2,11H2,1H3. The molecular formula is C16H16O2. The molecule has 0 aromatic heterocycles. The third kappa shape index (κ3) is 2.34. The van der Waals surface area contributed by atoms with Crippen LogP contribution in [0.5, 0.6) is 0 Å². The van der Waals surface area contributed by atoms with Gasteiger partial charge in [0, 0.05) is 12.0 Å². The minimum absolute atomic E-state index is 0.0681. The van der Waals surface area contributed by atoms with Gasteiger partial charge in [-0.3, -0.25) is 4.79 Å². The van der Waals surface area contributed by atoms with Crippen LogP contribution in [-0.4, -0.2) is 10.9 Å². The van der Waals surface area contributed by atoms with Crippen molar-refractivity contribution in [3.05, 3.63) is 59.7 Å². The van der Waals surface area contributed by atoms with Gasteiger partial charge in [-0.2, -0.15) is 0 Å². The second kappa shape index (κ2) is 5.61. The predicted octanol–water partition coefficient (Wildman–Crippen LogP) is 3.44. The van der Waals surface area contributed by atoms with Crippen molar-refractivity contribution in [1.29, 1.82) is 0 Å². The van der Waals surface area contributed by atoms with E-state index in [1.807, 2.05) is 49.4 Å². The number of carbonyl (C=O) groups is 1. The number of rotatable bonds is 4. The lowest BCUT2D eigenvalue weighted by Gasteiger charge is -2.12. The third-order valence-electron chi connectivity index (χ3n) is 3.01. The van der Waals surface area contributed by atoms with Crippen molar-refractivity contribution in [2.24, 2.45) is 0 Å². The van der Waals surface area contributed by atoms with E-state index in [1.165, 1.54) is 0 Å². The zero-order valence-electron chi connectivity index (χ0n) is 10.4. The summed E-state index contributed by atoms with van der Waals surface area (Å²) in [5.41, 5.74) is 3.25. The van der Waals surface area contributed by atoms with E-state index >= 15 is 0 Å². The van der Waals surface area contributed by atoms with Crippen molar-refractivity contribution < 1.29 is 9.90 Å². The van der Waals surface area contributed by atoms with Crippen molar-refractivity contribution >= 4 is 5.78 Å². The van der Waals surface area contributed by atoms with E-state index in [4.69, 9.17) is 0 Å². The van der Waals surface area contributed by atoms with E-state index < -0.39 is 0 Å². The summed E-state index contributed by atoms with van der Waals surface area (Å²) in [6.45, 7) is 1.73. The van der Waals surface area contributed by atoms with Crippen molar-refractivity contribution in [2.75, 3.05) is 0 Å². The highest BCUT2D eigenvalue weighted by atomic mass is 16.3. The Kier molecular flexibility index (Phi) is 3.90. The molecular weight excluding hydrogens is 224 g/mol. The van der Waals surface area contributed by atoms with Crippen LogP contribution in [0.2, 0.25) is 0 Å². The average Bonchev–Trinajstić information content (AvgIpc) is 2.46. The number of hydrogen-bond donors (Lipinski definition) is 1. The zero-order chi connectivity index (χ0) is 13.0. The molecule has 0 aliphatic carbocycles. The molecule has 2 rings (SSSR count). The Morgan fingerprint density at radius 3 is 2.39 bits per heavy atom. The summed E-state index contributed by atoms with van der Waals surface area (Å²) in [6.07, 6.45) is 0.441. The van der Waals surface area contributed by atoms with Crippen molar-refractivity contribution in [1.82, 2.24) is 0 Å². The quantitative estimate of drug-likeness (QED) is 0.831. The average molecular weight is 240 g/mol. The first-order valence-corrected chi connectivity index (χ1v) is 6.09. The molecule has 0 bridgehead atoms. The van der Waals surface area contributed by atoms with E-state index in [9.17, 15) is 9.90 Å². The summed E-state index contributed by atoms with van der Waals surface area (Å²) in [5.74, 6) is 0.0681. The maximum Gasteiger partial charge on any atom is 0.163 e. The summed E-state index contributed by atoms with van der Waals surface area (Å²) >= 11 is 0. The number of aliphatic hydroxyl groups excluding tert-OH is 1. The van der Waals surface area contributed by atoms with Gasteiger partial charge in [0.15, 0.2) is 5.78 Å². The van der Waals surface area contributed by atoms with Gasteiger partial charge < -0.3 is 5.11 Å². The Morgan fingerprint density at radius 1 is 1.06 bits per heavy atom. The van der Waals surface area contributed by atoms with E-state index in [0.29, 0.717) is 17.5 Å². The molecule has 2 aromatic rings. The molecule has 0 unspecified atom stereocenters. The highest BCUT2D eigenvalue weighted by Gasteiger charge is 2.15. The molecule has 0 aliphatic rings. The highest BCUT2D eigenvalue weighted by molar-refractivity contribution is 6.03. The molecule has 0 saturated carbocycles. The first-order chi connectivity index (χ1) is 8.77. The first-order valence-electron chi connectivity index (χ1n) is 6.09. The highest BCUT2D eigenvalue weighted by Crippen LogP contribution is 2.27. The molecule has 1 N–H and O–H groups in total. The van der Waals surface area contributed by atoms with Gasteiger partial charge in [0.2, 0.25) is 0 Å². The monoisotopic (exact) mass is 240 g/mol. The molecule has 0 spiro atoms.